The van der Waals surface area contributed by atoms with Crippen molar-refractivity contribution in [2.24, 2.45) is 7.05 Å². The number of rotatable bonds is 4. The smallest absolute Gasteiger partial charge is 0.126 e. The maximum Gasteiger partial charge on any atom is 0.126 e. The molecule has 92 valence electrons. The standard InChI is InChI=1S/C14H21N3/c1-5-10(2)15-11(3)14-16-12-8-6-7-9-13(12)17(14)4/h6-11,15H,5H2,1-4H3. The summed E-state index contributed by atoms with van der Waals surface area (Å²) in [5.41, 5.74) is 2.27. The van der Waals surface area contributed by atoms with Crippen molar-refractivity contribution in [1.29, 1.82) is 0 Å². The first-order chi connectivity index (χ1) is 8.13. The summed E-state index contributed by atoms with van der Waals surface area (Å²) in [5, 5.41) is 3.56. The Kier molecular flexibility index (Phi) is 3.48. The molecule has 1 N–H and O–H groups in total. The van der Waals surface area contributed by atoms with Crippen LogP contribution in [-0.2, 0) is 7.05 Å². The van der Waals surface area contributed by atoms with Crippen molar-refractivity contribution in [3.05, 3.63) is 30.1 Å². The summed E-state index contributed by atoms with van der Waals surface area (Å²) in [6, 6.07) is 9.07. The van der Waals surface area contributed by atoms with Crippen molar-refractivity contribution in [1.82, 2.24) is 14.9 Å². The number of para-hydroxylation sites is 2. The molecule has 3 heteroatoms. The van der Waals surface area contributed by atoms with E-state index in [0.717, 1.165) is 17.8 Å². The third-order valence-corrected chi connectivity index (χ3v) is 3.36. The number of aryl methyl sites for hydroxylation is 1. The second-order valence-electron chi connectivity index (χ2n) is 4.72. The van der Waals surface area contributed by atoms with Crippen molar-refractivity contribution >= 4 is 11.0 Å². The van der Waals surface area contributed by atoms with Crippen LogP contribution in [-0.4, -0.2) is 15.6 Å². The summed E-state index contributed by atoms with van der Waals surface area (Å²) in [5.74, 6) is 1.10. The van der Waals surface area contributed by atoms with Crippen LogP contribution < -0.4 is 5.32 Å². The van der Waals surface area contributed by atoms with Gasteiger partial charge < -0.3 is 9.88 Å². The Labute approximate surface area is 103 Å². The summed E-state index contributed by atoms with van der Waals surface area (Å²) in [7, 11) is 2.08. The second kappa shape index (κ2) is 4.88. The molecule has 0 saturated carbocycles. The highest BCUT2D eigenvalue weighted by Crippen LogP contribution is 2.19. The first-order valence-electron chi connectivity index (χ1n) is 6.31. The molecule has 1 heterocycles. The van der Waals surface area contributed by atoms with Gasteiger partial charge in [0.25, 0.3) is 0 Å². The van der Waals surface area contributed by atoms with Crippen LogP contribution in [0.2, 0.25) is 0 Å². The molecule has 17 heavy (non-hydrogen) atoms. The zero-order valence-electron chi connectivity index (χ0n) is 11.1. The van der Waals surface area contributed by atoms with Gasteiger partial charge in [-0.15, -0.1) is 0 Å². The Bertz CT molecular complexity index is 501. The molecule has 0 spiro atoms. The normalized spacial score (nSPS) is 15.1. The van der Waals surface area contributed by atoms with E-state index in [1.807, 2.05) is 6.07 Å². The van der Waals surface area contributed by atoms with E-state index in [2.05, 4.69) is 55.9 Å². The monoisotopic (exact) mass is 231 g/mol. The molecule has 0 amide bonds. The van der Waals surface area contributed by atoms with E-state index in [9.17, 15) is 0 Å². The van der Waals surface area contributed by atoms with Crippen LogP contribution in [0.5, 0.6) is 0 Å². The average Bonchev–Trinajstić information content (AvgIpc) is 2.67. The number of hydrogen-bond acceptors (Lipinski definition) is 2. The van der Waals surface area contributed by atoms with Gasteiger partial charge in [-0.2, -0.15) is 0 Å². The first kappa shape index (κ1) is 12.1. The van der Waals surface area contributed by atoms with Crippen LogP contribution in [0.1, 0.15) is 39.1 Å². The van der Waals surface area contributed by atoms with Gasteiger partial charge >= 0.3 is 0 Å². The molecular formula is C14H21N3. The first-order valence-corrected chi connectivity index (χ1v) is 6.31. The van der Waals surface area contributed by atoms with E-state index in [1.54, 1.807) is 0 Å². The van der Waals surface area contributed by atoms with Crippen LogP contribution in [0.4, 0.5) is 0 Å². The second-order valence-corrected chi connectivity index (χ2v) is 4.72. The highest BCUT2D eigenvalue weighted by molar-refractivity contribution is 5.75. The van der Waals surface area contributed by atoms with Crippen molar-refractivity contribution in [3.8, 4) is 0 Å². The Balaban J connectivity index is 2.32. The molecule has 3 nitrogen and oxygen atoms in total. The van der Waals surface area contributed by atoms with Gasteiger partial charge in [-0.3, -0.25) is 0 Å². The lowest BCUT2D eigenvalue weighted by molar-refractivity contribution is 0.448. The van der Waals surface area contributed by atoms with Gasteiger partial charge in [-0.1, -0.05) is 19.1 Å². The number of fused-ring (bicyclic) bond motifs is 1. The predicted molar refractivity (Wildman–Crippen MR) is 72.0 cm³/mol. The number of aromatic nitrogens is 2. The van der Waals surface area contributed by atoms with Crippen LogP contribution >= 0.6 is 0 Å². The van der Waals surface area contributed by atoms with Gasteiger partial charge in [0.05, 0.1) is 17.1 Å². The van der Waals surface area contributed by atoms with Gasteiger partial charge in [-0.25, -0.2) is 4.98 Å². The molecule has 0 radical (unpaired) electrons. The predicted octanol–water partition coefficient (Wildman–Crippen LogP) is 3.02. The topological polar surface area (TPSA) is 29.9 Å². The maximum absolute atomic E-state index is 4.70. The van der Waals surface area contributed by atoms with Crippen LogP contribution in [0.15, 0.2) is 24.3 Å². The van der Waals surface area contributed by atoms with E-state index < -0.39 is 0 Å². The molecule has 1 aromatic heterocycles. The molecule has 1 aromatic carbocycles. The van der Waals surface area contributed by atoms with Gasteiger partial charge in [-0.05, 0) is 32.4 Å². The number of nitrogens with one attached hydrogen (secondary N) is 1. The van der Waals surface area contributed by atoms with E-state index in [-0.39, 0.29) is 6.04 Å². The molecule has 0 saturated heterocycles. The van der Waals surface area contributed by atoms with Crippen LogP contribution in [0.25, 0.3) is 11.0 Å². The Morgan fingerprint density at radius 3 is 2.65 bits per heavy atom. The molecule has 0 aliphatic heterocycles. The largest absolute Gasteiger partial charge is 0.330 e. The van der Waals surface area contributed by atoms with Crippen LogP contribution in [0, 0.1) is 0 Å². The Morgan fingerprint density at radius 1 is 1.29 bits per heavy atom. The lowest BCUT2D eigenvalue weighted by Gasteiger charge is -2.18. The summed E-state index contributed by atoms with van der Waals surface area (Å²) < 4.78 is 2.18. The van der Waals surface area contributed by atoms with E-state index in [1.165, 1.54) is 5.52 Å². The number of benzene rings is 1. The van der Waals surface area contributed by atoms with E-state index in [4.69, 9.17) is 4.98 Å². The SMILES string of the molecule is CCC(C)NC(C)c1nc2ccccc2n1C. The van der Waals surface area contributed by atoms with Crippen molar-refractivity contribution in [2.45, 2.75) is 39.3 Å². The average molecular weight is 231 g/mol. The zero-order valence-corrected chi connectivity index (χ0v) is 11.1. The number of imidazole rings is 1. The molecule has 0 aliphatic rings. The summed E-state index contributed by atoms with van der Waals surface area (Å²) >= 11 is 0. The lowest BCUT2D eigenvalue weighted by Crippen LogP contribution is -2.29. The quantitative estimate of drug-likeness (QED) is 0.876. The fraction of sp³-hybridized carbons (Fsp3) is 0.500. The third kappa shape index (κ3) is 2.34. The molecular weight excluding hydrogens is 210 g/mol. The minimum atomic E-state index is 0.280. The molecule has 2 rings (SSSR count). The fourth-order valence-electron chi connectivity index (χ4n) is 2.17. The minimum Gasteiger partial charge on any atom is -0.330 e. The zero-order chi connectivity index (χ0) is 12.4. The van der Waals surface area contributed by atoms with E-state index >= 15 is 0 Å². The minimum absolute atomic E-state index is 0.280. The van der Waals surface area contributed by atoms with Crippen molar-refractivity contribution in [2.75, 3.05) is 0 Å². The van der Waals surface area contributed by atoms with Crippen LogP contribution in [0.3, 0.4) is 0 Å². The highest BCUT2D eigenvalue weighted by Gasteiger charge is 2.15. The molecule has 0 aliphatic carbocycles. The maximum atomic E-state index is 4.70. The Hall–Kier alpha value is -1.35. The summed E-state index contributed by atoms with van der Waals surface area (Å²) in [6.45, 7) is 6.58. The number of hydrogen-bond donors (Lipinski definition) is 1. The van der Waals surface area contributed by atoms with Gasteiger partial charge in [0.15, 0.2) is 0 Å². The molecule has 2 aromatic rings. The van der Waals surface area contributed by atoms with Gasteiger partial charge in [0.1, 0.15) is 5.82 Å². The Morgan fingerprint density at radius 2 is 2.00 bits per heavy atom. The fourth-order valence-corrected chi connectivity index (χ4v) is 2.17. The lowest BCUT2D eigenvalue weighted by atomic mass is 10.2. The molecule has 2 atom stereocenters. The highest BCUT2D eigenvalue weighted by atomic mass is 15.1. The van der Waals surface area contributed by atoms with Crippen molar-refractivity contribution < 1.29 is 0 Å². The summed E-state index contributed by atoms with van der Waals surface area (Å²) in [4.78, 5) is 4.70. The third-order valence-electron chi connectivity index (χ3n) is 3.36. The van der Waals surface area contributed by atoms with E-state index in [0.29, 0.717) is 6.04 Å². The van der Waals surface area contributed by atoms with Crippen molar-refractivity contribution in [3.63, 3.8) is 0 Å². The molecule has 0 fully saturated rings. The van der Waals surface area contributed by atoms with Gasteiger partial charge in [0, 0.05) is 13.1 Å². The van der Waals surface area contributed by atoms with Gasteiger partial charge in [0.2, 0.25) is 0 Å². The number of nitrogens with zero attached hydrogens (tertiary/aromatic N) is 2. The molecule has 0 bridgehead atoms. The summed E-state index contributed by atoms with van der Waals surface area (Å²) in [6.07, 6.45) is 1.13. The molecule has 2 unspecified atom stereocenters.